The normalized spacial score (nSPS) is 24.5. The molecule has 1 fully saturated rings. The zero-order valence-electron chi connectivity index (χ0n) is 9.00. The lowest BCUT2D eigenvalue weighted by atomic mass is 9.82. The van der Waals surface area contributed by atoms with Crippen molar-refractivity contribution >= 4 is 0 Å². The molecule has 0 aliphatic heterocycles. The summed E-state index contributed by atoms with van der Waals surface area (Å²) in [7, 11) is 0. The van der Waals surface area contributed by atoms with Gasteiger partial charge < -0.3 is 10.2 Å². The maximum atomic E-state index is 10.7. The van der Waals surface area contributed by atoms with Crippen molar-refractivity contribution in [1.82, 2.24) is 0 Å². The molecule has 0 heterocycles. The van der Waals surface area contributed by atoms with Crippen LogP contribution in [0.4, 0.5) is 0 Å². The van der Waals surface area contributed by atoms with E-state index in [1.165, 1.54) is 6.92 Å². The fourth-order valence-corrected chi connectivity index (χ4v) is 2.34. The fourth-order valence-electron chi connectivity index (χ4n) is 2.34. The lowest BCUT2D eigenvalue weighted by Gasteiger charge is -2.29. The molecule has 0 aromatic carbocycles. The molecule has 3 atom stereocenters. The summed E-state index contributed by atoms with van der Waals surface area (Å²) in [5, 5.41) is 29.9. The van der Waals surface area contributed by atoms with E-state index < -0.39 is 23.2 Å². The van der Waals surface area contributed by atoms with Crippen LogP contribution in [-0.4, -0.2) is 33.4 Å². The lowest BCUT2D eigenvalue weighted by Crippen LogP contribution is -2.46. The van der Waals surface area contributed by atoms with Crippen molar-refractivity contribution in [1.29, 1.82) is 0 Å². The van der Waals surface area contributed by atoms with E-state index in [4.69, 9.17) is 0 Å². The van der Waals surface area contributed by atoms with Crippen molar-refractivity contribution in [3.8, 4) is 0 Å². The third kappa shape index (κ3) is 3.14. The van der Waals surface area contributed by atoms with Crippen molar-refractivity contribution in [2.24, 2.45) is 5.92 Å². The van der Waals surface area contributed by atoms with Crippen molar-refractivity contribution in [2.75, 3.05) is 0 Å². The molecule has 0 bridgehead atoms. The third-order valence-electron chi connectivity index (χ3n) is 3.22. The number of aliphatic hydroxyl groups is 2. The molecule has 0 saturated heterocycles. The van der Waals surface area contributed by atoms with Gasteiger partial charge in [-0.1, -0.05) is 19.3 Å². The Labute approximate surface area is 89.3 Å². The Bertz CT molecular complexity index is 213. The molecule has 0 spiro atoms. The second-order valence-corrected chi connectivity index (χ2v) is 4.41. The Hall–Kier alpha value is -0.680. The summed E-state index contributed by atoms with van der Waals surface area (Å²) >= 11 is 0. The molecule has 0 aromatic rings. The van der Waals surface area contributed by atoms with Crippen molar-refractivity contribution in [3.63, 3.8) is 0 Å². The Morgan fingerprint density at radius 1 is 1.27 bits per heavy atom. The van der Waals surface area contributed by atoms with Crippen LogP contribution in [-0.2, 0) is 0 Å². The van der Waals surface area contributed by atoms with Gasteiger partial charge >= 0.3 is 0 Å². The quantitative estimate of drug-likeness (QED) is 0.542. The molecule has 0 aromatic heterocycles. The van der Waals surface area contributed by atoms with Gasteiger partial charge in [-0.3, -0.25) is 10.1 Å². The molecule has 15 heavy (non-hydrogen) atoms. The van der Waals surface area contributed by atoms with Crippen LogP contribution in [0.25, 0.3) is 0 Å². The Morgan fingerprint density at radius 2 is 1.80 bits per heavy atom. The molecule has 88 valence electrons. The number of rotatable bonds is 4. The van der Waals surface area contributed by atoms with E-state index in [-0.39, 0.29) is 5.92 Å². The molecule has 1 saturated carbocycles. The summed E-state index contributed by atoms with van der Waals surface area (Å²) in [5.41, 5.74) is 0. The summed E-state index contributed by atoms with van der Waals surface area (Å²) in [4.78, 5) is 10.1. The number of aliphatic hydroxyl groups excluding tert-OH is 2. The first-order chi connectivity index (χ1) is 7.04. The largest absolute Gasteiger partial charge is 0.386 e. The van der Waals surface area contributed by atoms with Gasteiger partial charge in [-0.25, -0.2) is 0 Å². The number of nitro groups is 1. The molecule has 3 unspecified atom stereocenters. The van der Waals surface area contributed by atoms with Crippen LogP contribution in [0, 0.1) is 16.0 Å². The summed E-state index contributed by atoms with van der Waals surface area (Å²) < 4.78 is 0. The SMILES string of the molecule is CC(O)C(C(O)C1CCCCC1)[N+](=O)[O-]. The van der Waals surface area contributed by atoms with Gasteiger partial charge in [0.25, 0.3) is 6.04 Å². The highest BCUT2D eigenvalue weighted by atomic mass is 16.6. The molecule has 0 radical (unpaired) electrons. The predicted molar refractivity (Wildman–Crippen MR) is 55.0 cm³/mol. The molecule has 1 aliphatic rings. The molecule has 2 N–H and O–H groups in total. The van der Waals surface area contributed by atoms with E-state index in [2.05, 4.69) is 0 Å². The summed E-state index contributed by atoms with van der Waals surface area (Å²) in [6.45, 7) is 1.36. The van der Waals surface area contributed by atoms with E-state index in [0.717, 1.165) is 32.1 Å². The van der Waals surface area contributed by atoms with Gasteiger partial charge in [-0.2, -0.15) is 0 Å². The van der Waals surface area contributed by atoms with Crippen molar-refractivity contribution in [3.05, 3.63) is 10.1 Å². The summed E-state index contributed by atoms with van der Waals surface area (Å²) in [5.74, 6) is -0.0243. The van der Waals surface area contributed by atoms with Gasteiger partial charge in [0.2, 0.25) is 0 Å². The number of nitrogens with zero attached hydrogens (tertiary/aromatic N) is 1. The highest BCUT2D eigenvalue weighted by molar-refractivity contribution is 4.81. The van der Waals surface area contributed by atoms with Crippen molar-refractivity contribution in [2.45, 2.75) is 57.3 Å². The third-order valence-corrected chi connectivity index (χ3v) is 3.22. The minimum Gasteiger partial charge on any atom is -0.386 e. The predicted octanol–water partition coefficient (Wildman–Crippen LogP) is 0.954. The van der Waals surface area contributed by atoms with Gasteiger partial charge in [-0.15, -0.1) is 0 Å². The van der Waals surface area contributed by atoms with Crippen LogP contribution in [0.1, 0.15) is 39.0 Å². The van der Waals surface area contributed by atoms with Crippen molar-refractivity contribution < 1.29 is 15.1 Å². The van der Waals surface area contributed by atoms with Crippen LogP contribution in [0.15, 0.2) is 0 Å². The summed E-state index contributed by atoms with van der Waals surface area (Å²) in [6, 6.07) is -1.24. The molecular weight excluding hydrogens is 198 g/mol. The lowest BCUT2D eigenvalue weighted by molar-refractivity contribution is -0.547. The monoisotopic (exact) mass is 217 g/mol. The van der Waals surface area contributed by atoms with E-state index in [9.17, 15) is 20.3 Å². The molecule has 0 amide bonds. The second-order valence-electron chi connectivity index (χ2n) is 4.41. The maximum Gasteiger partial charge on any atom is 0.263 e. The topological polar surface area (TPSA) is 83.6 Å². The smallest absolute Gasteiger partial charge is 0.263 e. The van der Waals surface area contributed by atoms with Crippen LogP contribution >= 0.6 is 0 Å². The van der Waals surface area contributed by atoms with Gasteiger partial charge in [0, 0.05) is 4.92 Å². The Morgan fingerprint density at radius 3 is 2.20 bits per heavy atom. The second kappa shape index (κ2) is 5.42. The van der Waals surface area contributed by atoms with E-state index >= 15 is 0 Å². The van der Waals surface area contributed by atoms with Gasteiger partial charge in [0.15, 0.2) is 0 Å². The molecule has 5 nitrogen and oxygen atoms in total. The first-order valence-electron chi connectivity index (χ1n) is 5.53. The van der Waals surface area contributed by atoms with Crippen LogP contribution < -0.4 is 0 Å². The molecule has 1 aliphatic carbocycles. The average molecular weight is 217 g/mol. The minimum absolute atomic E-state index is 0.0243. The van der Waals surface area contributed by atoms with Gasteiger partial charge in [-0.05, 0) is 25.7 Å². The Balaban J connectivity index is 2.61. The van der Waals surface area contributed by atoms with E-state index in [1.807, 2.05) is 0 Å². The standard InChI is InChI=1S/C10H19NO4/c1-7(12)9(11(14)15)10(13)8-5-3-2-4-6-8/h7-10,12-13H,2-6H2,1H3. The molecule has 5 heteroatoms. The minimum atomic E-state index is -1.24. The fraction of sp³-hybridized carbons (Fsp3) is 1.00. The van der Waals surface area contributed by atoms with E-state index in [0.29, 0.717) is 0 Å². The molecule has 1 rings (SSSR count). The first kappa shape index (κ1) is 12.4. The first-order valence-corrected chi connectivity index (χ1v) is 5.53. The summed E-state index contributed by atoms with van der Waals surface area (Å²) in [6.07, 6.45) is 2.73. The Kier molecular flexibility index (Phi) is 4.47. The molecular formula is C10H19NO4. The van der Waals surface area contributed by atoms with E-state index in [1.54, 1.807) is 0 Å². The van der Waals surface area contributed by atoms with Crippen LogP contribution in [0.3, 0.4) is 0 Å². The number of hydrogen-bond acceptors (Lipinski definition) is 4. The average Bonchev–Trinajstić information content (AvgIpc) is 2.18. The van der Waals surface area contributed by atoms with Crippen LogP contribution in [0.2, 0.25) is 0 Å². The zero-order chi connectivity index (χ0) is 11.4. The zero-order valence-corrected chi connectivity index (χ0v) is 9.00. The highest BCUT2D eigenvalue weighted by Crippen LogP contribution is 2.29. The maximum absolute atomic E-state index is 10.7. The highest BCUT2D eigenvalue weighted by Gasteiger charge is 2.39. The van der Waals surface area contributed by atoms with Gasteiger partial charge in [0.1, 0.15) is 12.2 Å². The van der Waals surface area contributed by atoms with Crippen LogP contribution in [0.5, 0.6) is 0 Å². The van der Waals surface area contributed by atoms with Gasteiger partial charge in [0.05, 0.1) is 0 Å². The number of hydrogen-bond donors (Lipinski definition) is 2.